The molecule has 3 aromatic heterocycles. The van der Waals surface area contributed by atoms with Crippen molar-refractivity contribution in [3.05, 3.63) is 146 Å². The average Bonchev–Trinajstić information content (AvgIpc) is 3.79. The van der Waals surface area contributed by atoms with E-state index in [9.17, 15) is 0 Å². The van der Waals surface area contributed by atoms with Gasteiger partial charge < -0.3 is 8.83 Å². The molecule has 45 heavy (non-hydrogen) atoms. The van der Waals surface area contributed by atoms with Gasteiger partial charge in [-0.25, -0.2) is 4.98 Å². The highest BCUT2D eigenvalue weighted by Gasteiger charge is 2.21. The van der Waals surface area contributed by atoms with E-state index in [4.69, 9.17) is 13.8 Å². The van der Waals surface area contributed by atoms with Gasteiger partial charge in [0.25, 0.3) is 0 Å². The van der Waals surface area contributed by atoms with Crippen LogP contribution in [0.1, 0.15) is 0 Å². The maximum absolute atomic E-state index is 6.55. The van der Waals surface area contributed by atoms with Crippen molar-refractivity contribution in [1.82, 2.24) is 9.55 Å². The molecule has 0 saturated carbocycles. The summed E-state index contributed by atoms with van der Waals surface area (Å²) in [5.74, 6) is 0.931. The van der Waals surface area contributed by atoms with Crippen LogP contribution < -0.4 is 0 Å². The highest BCUT2D eigenvalue weighted by Crippen LogP contribution is 2.44. The Balaban J connectivity index is 1.19. The van der Waals surface area contributed by atoms with Crippen LogP contribution in [0, 0.1) is 0 Å². The lowest BCUT2D eigenvalue weighted by Gasteiger charge is -2.12. The molecule has 0 aliphatic heterocycles. The lowest BCUT2D eigenvalue weighted by atomic mass is 9.96. The van der Waals surface area contributed by atoms with E-state index in [1.165, 1.54) is 0 Å². The van der Waals surface area contributed by atoms with Crippen LogP contribution in [-0.2, 0) is 0 Å². The maximum atomic E-state index is 6.55. The van der Waals surface area contributed by atoms with Gasteiger partial charge in [0, 0.05) is 33.0 Å². The predicted molar refractivity (Wildman–Crippen MR) is 184 cm³/mol. The highest BCUT2D eigenvalue weighted by molar-refractivity contribution is 6.25. The summed E-state index contributed by atoms with van der Waals surface area (Å²) in [6.45, 7) is 0. The Morgan fingerprint density at radius 1 is 0.489 bits per heavy atom. The van der Waals surface area contributed by atoms with E-state index in [0.29, 0.717) is 0 Å². The number of rotatable bonds is 3. The first-order valence-corrected chi connectivity index (χ1v) is 15.1. The normalized spacial score (nSPS) is 12.0. The van der Waals surface area contributed by atoms with Gasteiger partial charge in [-0.15, -0.1) is 0 Å². The Morgan fingerprint density at radius 2 is 1.18 bits per heavy atom. The third-order valence-electron chi connectivity index (χ3n) is 8.98. The van der Waals surface area contributed by atoms with Crippen LogP contribution >= 0.6 is 0 Å². The topological polar surface area (TPSA) is 44.1 Å². The van der Waals surface area contributed by atoms with E-state index < -0.39 is 0 Å². The molecule has 10 aromatic rings. The summed E-state index contributed by atoms with van der Waals surface area (Å²) in [6, 6.07) is 50.7. The van der Waals surface area contributed by atoms with Gasteiger partial charge in [0.15, 0.2) is 0 Å². The summed E-state index contributed by atoms with van der Waals surface area (Å²) < 4.78 is 15.3. The van der Waals surface area contributed by atoms with Gasteiger partial charge in [-0.2, -0.15) is 0 Å². The number of furan rings is 2. The van der Waals surface area contributed by atoms with Crippen molar-refractivity contribution in [1.29, 1.82) is 0 Å². The third kappa shape index (κ3) is 3.57. The van der Waals surface area contributed by atoms with Crippen molar-refractivity contribution in [2.75, 3.05) is 0 Å². The van der Waals surface area contributed by atoms with Crippen LogP contribution in [0.5, 0.6) is 0 Å². The van der Waals surface area contributed by atoms with Gasteiger partial charge in [0.05, 0.1) is 16.4 Å². The molecule has 4 nitrogen and oxygen atoms in total. The summed E-state index contributed by atoms with van der Waals surface area (Å²) in [6.07, 6.45) is 0. The molecule has 0 bridgehead atoms. The van der Waals surface area contributed by atoms with Crippen LogP contribution in [0.15, 0.2) is 154 Å². The molecule has 0 aliphatic rings. The zero-order chi connectivity index (χ0) is 29.5. The van der Waals surface area contributed by atoms with E-state index in [2.05, 4.69) is 114 Å². The maximum Gasteiger partial charge on any atom is 0.147 e. The quantitative estimate of drug-likeness (QED) is 0.210. The van der Waals surface area contributed by atoms with Gasteiger partial charge in [-0.05, 0) is 64.9 Å². The van der Waals surface area contributed by atoms with Crippen LogP contribution in [0.4, 0.5) is 0 Å². The van der Waals surface area contributed by atoms with Gasteiger partial charge >= 0.3 is 0 Å². The molecule has 210 valence electrons. The smallest absolute Gasteiger partial charge is 0.147 e. The van der Waals surface area contributed by atoms with Crippen LogP contribution in [0.25, 0.3) is 93.9 Å². The molecule has 0 spiro atoms. The van der Waals surface area contributed by atoms with Crippen LogP contribution in [0.3, 0.4) is 0 Å². The molecule has 0 atom stereocenters. The minimum absolute atomic E-state index is 0.844. The standard InChI is InChI=1S/C41H24N2O2/c1-2-10-25(11-3-1)41-42-34-14-6-7-15-35(34)43(41)29-21-20-26-22-28(19-18-27(26)23-29)32-24-33-30-12-4-8-16-36(30)44-40(33)38-31-13-5-9-17-37(31)45-39(32)38/h1-24H. The van der Waals surface area contributed by atoms with Crippen molar-refractivity contribution < 1.29 is 8.83 Å². The fourth-order valence-electron chi connectivity index (χ4n) is 6.89. The molecule has 10 rings (SSSR count). The fourth-order valence-corrected chi connectivity index (χ4v) is 6.89. The molecular formula is C41H24N2O2. The second kappa shape index (κ2) is 9.18. The van der Waals surface area contributed by atoms with E-state index in [0.717, 1.165) is 93.9 Å². The van der Waals surface area contributed by atoms with Gasteiger partial charge in [0.2, 0.25) is 0 Å². The molecule has 0 saturated heterocycles. The summed E-state index contributed by atoms with van der Waals surface area (Å²) in [7, 11) is 0. The molecule has 0 unspecified atom stereocenters. The predicted octanol–water partition coefficient (Wildman–Crippen LogP) is 11.3. The minimum Gasteiger partial charge on any atom is -0.455 e. The molecular weight excluding hydrogens is 552 g/mol. The number of hydrogen-bond acceptors (Lipinski definition) is 3. The molecule has 0 N–H and O–H groups in total. The van der Waals surface area contributed by atoms with Crippen molar-refractivity contribution in [3.63, 3.8) is 0 Å². The number of imidazole rings is 1. The number of benzene rings is 7. The van der Waals surface area contributed by atoms with E-state index in [1.54, 1.807) is 0 Å². The number of fused-ring (bicyclic) bond motifs is 9. The Morgan fingerprint density at radius 3 is 2.07 bits per heavy atom. The van der Waals surface area contributed by atoms with Crippen molar-refractivity contribution in [2.45, 2.75) is 0 Å². The summed E-state index contributed by atoms with van der Waals surface area (Å²) in [4.78, 5) is 5.03. The molecule has 4 heteroatoms. The van der Waals surface area contributed by atoms with E-state index in [1.807, 2.05) is 36.4 Å². The van der Waals surface area contributed by atoms with Gasteiger partial charge in [-0.3, -0.25) is 4.57 Å². The second-order valence-electron chi connectivity index (χ2n) is 11.6. The average molecular weight is 577 g/mol. The largest absolute Gasteiger partial charge is 0.455 e. The first kappa shape index (κ1) is 24.3. The minimum atomic E-state index is 0.844. The number of para-hydroxylation sites is 4. The van der Waals surface area contributed by atoms with Gasteiger partial charge in [0.1, 0.15) is 28.2 Å². The summed E-state index contributed by atoms with van der Waals surface area (Å²) in [5.41, 5.74) is 9.82. The van der Waals surface area contributed by atoms with E-state index in [-0.39, 0.29) is 0 Å². The Bertz CT molecular complexity index is 2760. The molecule has 0 aliphatic carbocycles. The van der Waals surface area contributed by atoms with Crippen LogP contribution in [0.2, 0.25) is 0 Å². The number of nitrogens with zero attached hydrogens (tertiary/aromatic N) is 2. The lowest BCUT2D eigenvalue weighted by molar-refractivity contribution is 0.663. The first-order chi connectivity index (χ1) is 22.3. The monoisotopic (exact) mass is 576 g/mol. The van der Waals surface area contributed by atoms with Crippen molar-refractivity contribution >= 4 is 65.7 Å². The highest BCUT2D eigenvalue weighted by atomic mass is 16.3. The number of hydrogen-bond donors (Lipinski definition) is 0. The second-order valence-corrected chi connectivity index (χ2v) is 11.6. The number of aromatic nitrogens is 2. The van der Waals surface area contributed by atoms with Crippen molar-refractivity contribution in [2.24, 2.45) is 0 Å². The third-order valence-corrected chi connectivity index (χ3v) is 8.98. The van der Waals surface area contributed by atoms with Crippen LogP contribution in [-0.4, -0.2) is 9.55 Å². The first-order valence-electron chi connectivity index (χ1n) is 15.1. The molecule has 0 radical (unpaired) electrons. The summed E-state index contributed by atoms with van der Waals surface area (Å²) >= 11 is 0. The molecule has 7 aromatic carbocycles. The SMILES string of the molecule is c1ccc(-c2nc3ccccc3n2-c2ccc3cc(-c4cc5c6ccccc6oc5c5c4oc4ccccc45)ccc3c2)cc1. The fraction of sp³-hybridized carbons (Fsp3) is 0. The molecule has 3 heterocycles. The lowest BCUT2D eigenvalue weighted by Crippen LogP contribution is -1.97. The Kier molecular flexibility index (Phi) is 4.96. The summed E-state index contributed by atoms with van der Waals surface area (Å²) in [5, 5.41) is 6.59. The van der Waals surface area contributed by atoms with E-state index >= 15 is 0 Å². The zero-order valence-corrected chi connectivity index (χ0v) is 24.1. The zero-order valence-electron chi connectivity index (χ0n) is 24.1. The Labute approximate surface area is 257 Å². The van der Waals surface area contributed by atoms with Gasteiger partial charge in [-0.1, -0.05) is 97.1 Å². The van der Waals surface area contributed by atoms with Crippen molar-refractivity contribution in [3.8, 4) is 28.2 Å². The molecule has 0 fully saturated rings. The molecule has 0 amide bonds. The Hall–Kier alpha value is -6.13.